The number of amides is 1. The number of methoxy groups -OCH3 is 2. The highest BCUT2D eigenvalue weighted by atomic mass is 32.2. The van der Waals surface area contributed by atoms with Crippen LogP contribution in [0.2, 0.25) is 0 Å². The Balaban J connectivity index is 1.35. The molecule has 0 spiro atoms. The highest BCUT2D eigenvalue weighted by Crippen LogP contribution is 2.45. The molecule has 1 amide bonds. The molecule has 1 fully saturated rings. The Labute approximate surface area is 284 Å². The van der Waals surface area contributed by atoms with Crippen molar-refractivity contribution in [2.75, 3.05) is 27.1 Å². The Hall–Kier alpha value is -4.20. The van der Waals surface area contributed by atoms with E-state index in [0.717, 1.165) is 28.2 Å². The van der Waals surface area contributed by atoms with Crippen LogP contribution in [-0.4, -0.2) is 76.3 Å². The van der Waals surface area contributed by atoms with Crippen molar-refractivity contribution in [3.05, 3.63) is 108 Å². The number of carbonyl (C=O) groups excluding carboxylic acids is 1. The first-order chi connectivity index (χ1) is 23.2. The molecule has 2 aliphatic heterocycles. The third-order valence-electron chi connectivity index (χ3n) is 8.92. The molecule has 48 heavy (non-hydrogen) atoms. The molecule has 252 valence electrons. The van der Waals surface area contributed by atoms with Crippen LogP contribution in [0.4, 0.5) is 5.82 Å². The van der Waals surface area contributed by atoms with E-state index in [-0.39, 0.29) is 23.7 Å². The Morgan fingerprint density at radius 1 is 0.979 bits per heavy atom. The molecule has 6 rings (SSSR count). The van der Waals surface area contributed by atoms with Gasteiger partial charge in [-0.25, -0.2) is 9.98 Å². The lowest BCUT2D eigenvalue weighted by molar-refractivity contribution is -0.132. The number of fused-ring (bicyclic) bond motifs is 1. The fourth-order valence-corrected chi connectivity index (χ4v) is 7.21. The predicted octanol–water partition coefficient (Wildman–Crippen LogP) is 5.01. The quantitative estimate of drug-likeness (QED) is 0.211. The van der Waals surface area contributed by atoms with Crippen LogP contribution in [0.3, 0.4) is 0 Å². The summed E-state index contributed by atoms with van der Waals surface area (Å²) in [4.78, 5) is 23.2. The molecule has 12 heteroatoms. The number of hydrogen-bond acceptors (Lipinski definition) is 10. The maximum Gasteiger partial charge on any atom is 0.231 e. The van der Waals surface area contributed by atoms with Gasteiger partial charge >= 0.3 is 0 Å². The van der Waals surface area contributed by atoms with E-state index in [9.17, 15) is 9.90 Å². The monoisotopic (exact) mass is 671 g/mol. The van der Waals surface area contributed by atoms with E-state index in [1.165, 1.54) is 23.0 Å². The van der Waals surface area contributed by atoms with Crippen LogP contribution in [-0.2, 0) is 19.9 Å². The van der Waals surface area contributed by atoms with Gasteiger partial charge < -0.3 is 29.8 Å². The summed E-state index contributed by atoms with van der Waals surface area (Å²) < 4.78 is 26.4. The number of nitrogens with zero attached hydrogens (tertiary/aromatic N) is 4. The van der Waals surface area contributed by atoms with Crippen LogP contribution in [0.5, 0.6) is 11.5 Å². The van der Waals surface area contributed by atoms with E-state index in [0.29, 0.717) is 11.5 Å². The maximum absolute atomic E-state index is 12.7. The molecule has 3 aromatic carbocycles. The number of aliphatic hydroxyl groups excluding tert-OH is 1. The number of rotatable bonds is 11. The molecule has 1 aromatic heterocycles. The molecule has 1 saturated heterocycles. The summed E-state index contributed by atoms with van der Waals surface area (Å²) in [6, 6.07) is 25.6. The summed E-state index contributed by atoms with van der Waals surface area (Å²) in [5.41, 5.74) is 8.50. The minimum atomic E-state index is -1.08. The molecular weight excluding hydrogens is 630 g/mol. The second-order valence-corrected chi connectivity index (χ2v) is 13.0. The van der Waals surface area contributed by atoms with E-state index in [4.69, 9.17) is 24.7 Å². The number of nitrogens with two attached hydrogens (primary N) is 1. The fourth-order valence-electron chi connectivity index (χ4n) is 6.33. The molecule has 0 aliphatic carbocycles. The predicted molar refractivity (Wildman–Crippen MR) is 184 cm³/mol. The van der Waals surface area contributed by atoms with E-state index in [1.807, 2.05) is 99.0 Å². The summed E-state index contributed by atoms with van der Waals surface area (Å²) in [7, 11) is 3.27. The number of thioether (sulfide) groups is 1. The van der Waals surface area contributed by atoms with Crippen molar-refractivity contribution >= 4 is 29.8 Å². The number of carbonyl (C=O) groups is 1. The van der Waals surface area contributed by atoms with Crippen LogP contribution < -0.4 is 15.2 Å². The minimum absolute atomic E-state index is 0.0536. The fraction of sp³-hybridized carbons (Fsp3) is 0.361. The number of aliphatic imine (C=N–C) groups is 1. The molecule has 5 atom stereocenters. The number of imidazole rings is 1. The number of hydrogen-bond donors (Lipinski definition) is 2. The SMILES string of the molecule is COc1ccc(C(OC[C@H]2O[C@@H](n3cnc4c3N=CN(C(=O)C(C)C)C4N)C(SC)C2O)(c2ccccc2)c2ccc(OC)cc2)cc1. The summed E-state index contributed by atoms with van der Waals surface area (Å²) in [5.74, 6) is 1.54. The van der Waals surface area contributed by atoms with E-state index < -0.39 is 30.2 Å². The summed E-state index contributed by atoms with van der Waals surface area (Å²) in [6.07, 6.45) is 1.99. The number of benzene rings is 3. The van der Waals surface area contributed by atoms with Crippen LogP contribution >= 0.6 is 11.8 Å². The number of aromatic nitrogens is 2. The maximum atomic E-state index is 12.7. The van der Waals surface area contributed by atoms with E-state index in [1.54, 1.807) is 25.1 Å². The lowest BCUT2D eigenvalue weighted by atomic mass is 9.80. The highest BCUT2D eigenvalue weighted by molar-refractivity contribution is 7.99. The van der Waals surface area contributed by atoms with Crippen molar-refractivity contribution in [1.29, 1.82) is 0 Å². The van der Waals surface area contributed by atoms with Crippen LogP contribution in [0.15, 0.2) is 90.2 Å². The van der Waals surface area contributed by atoms with E-state index in [2.05, 4.69) is 9.98 Å². The third-order valence-corrected chi connectivity index (χ3v) is 9.98. The van der Waals surface area contributed by atoms with Gasteiger partial charge in [-0.05, 0) is 47.2 Å². The van der Waals surface area contributed by atoms with Crippen LogP contribution in [0.25, 0.3) is 0 Å². The van der Waals surface area contributed by atoms with Crippen molar-refractivity contribution in [3.8, 4) is 11.5 Å². The second kappa shape index (κ2) is 14.1. The number of ether oxygens (including phenoxy) is 4. The van der Waals surface area contributed by atoms with Crippen LogP contribution in [0.1, 0.15) is 48.6 Å². The molecule has 3 N–H and O–H groups in total. The van der Waals surface area contributed by atoms with Gasteiger partial charge in [-0.1, -0.05) is 68.4 Å². The molecule has 2 aliphatic rings. The molecule has 4 aromatic rings. The third kappa shape index (κ3) is 5.99. The molecule has 0 saturated carbocycles. The standard InChI is InChI=1S/C36H41N5O6S/c1-22(2)34(43)40-21-39-33-29(32(40)37)38-20-41(33)35-31(48-5)30(42)28(47-35)19-46-36(23-9-7-6-8-10-23,24-11-15-26(44-3)16-12-24)25-13-17-27(45-4)18-14-25/h6-18,20-22,28,30-32,35,42H,19,37H2,1-5H3/t28-,30?,31?,32?,35-/m1/s1. The Morgan fingerprint density at radius 3 is 2.10 bits per heavy atom. The topological polar surface area (TPSA) is 134 Å². The summed E-state index contributed by atoms with van der Waals surface area (Å²) >= 11 is 1.49. The van der Waals surface area contributed by atoms with Gasteiger partial charge in [0.25, 0.3) is 0 Å². The van der Waals surface area contributed by atoms with Crippen molar-refractivity contribution in [2.24, 2.45) is 16.6 Å². The van der Waals surface area contributed by atoms with Gasteiger partial charge in [-0.15, -0.1) is 0 Å². The first-order valence-electron chi connectivity index (χ1n) is 15.8. The normalized spacial score (nSPS) is 22.2. The zero-order valence-corrected chi connectivity index (χ0v) is 28.4. The van der Waals surface area contributed by atoms with Crippen molar-refractivity contribution < 1.29 is 28.8 Å². The molecule has 3 unspecified atom stereocenters. The molecular formula is C36H41N5O6S. The number of aliphatic hydroxyl groups is 1. The zero-order chi connectivity index (χ0) is 34.0. The minimum Gasteiger partial charge on any atom is -0.497 e. The summed E-state index contributed by atoms with van der Waals surface area (Å²) in [6.45, 7) is 3.68. The van der Waals surface area contributed by atoms with Gasteiger partial charge in [0, 0.05) is 5.92 Å². The van der Waals surface area contributed by atoms with Gasteiger partial charge in [-0.3, -0.25) is 14.3 Å². The van der Waals surface area contributed by atoms with Gasteiger partial charge in [0.2, 0.25) is 5.91 Å². The average molecular weight is 672 g/mol. The lowest BCUT2D eigenvalue weighted by Crippen LogP contribution is -2.42. The van der Waals surface area contributed by atoms with Gasteiger partial charge in [0.15, 0.2) is 12.0 Å². The Kier molecular flexibility index (Phi) is 9.90. The van der Waals surface area contributed by atoms with Crippen molar-refractivity contribution in [2.45, 2.75) is 49.3 Å². The van der Waals surface area contributed by atoms with Gasteiger partial charge in [-0.2, -0.15) is 11.8 Å². The molecule has 3 heterocycles. The molecule has 11 nitrogen and oxygen atoms in total. The molecule has 0 radical (unpaired) electrons. The smallest absolute Gasteiger partial charge is 0.231 e. The van der Waals surface area contributed by atoms with Crippen molar-refractivity contribution in [3.63, 3.8) is 0 Å². The highest BCUT2D eigenvalue weighted by Gasteiger charge is 2.48. The van der Waals surface area contributed by atoms with Gasteiger partial charge in [0.1, 0.15) is 41.4 Å². The molecule has 0 bridgehead atoms. The lowest BCUT2D eigenvalue weighted by Gasteiger charge is -2.37. The van der Waals surface area contributed by atoms with Gasteiger partial charge in [0.05, 0.1) is 38.5 Å². The first kappa shape index (κ1) is 33.7. The Bertz CT molecular complexity index is 1680. The summed E-state index contributed by atoms with van der Waals surface area (Å²) in [5, 5.41) is 11.3. The zero-order valence-electron chi connectivity index (χ0n) is 27.6. The second-order valence-electron chi connectivity index (χ2n) is 12.0. The largest absolute Gasteiger partial charge is 0.497 e. The average Bonchev–Trinajstić information content (AvgIpc) is 3.70. The first-order valence-corrected chi connectivity index (χ1v) is 17.1. The van der Waals surface area contributed by atoms with E-state index >= 15 is 0 Å². The van der Waals surface area contributed by atoms with Crippen LogP contribution in [0, 0.1) is 5.92 Å². The van der Waals surface area contributed by atoms with Crippen molar-refractivity contribution in [1.82, 2.24) is 14.5 Å². The Morgan fingerprint density at radius 2 is 1.56 bits per heavy atom.